The van der Waals surface area contributed by atoms with E-state index in [9.17, 15) is 0 Å². The molecule has 0 unspecified atom stereocenters. The quantitative estimate of drug-likeness (QED) is 0.727. The van der Waals surface area contributed by atoms with E-state index in [-0.39, 0.29) is 5.54 Å². The lowest BCUT2D eigenvalue weighted by molar-refractivity contribution is 0.446. The number of hydrogen-bond donors (Lipinski definition) is 1. The third-order valence-electron chi connectivity index (χ3n) is 2.43. The van der Waals surface area contributed by atoms with E-state index in [1.807, 2.05) is 11.8 Å². The lowest BCUT2D eigenvalue weighted by atomic mass is 10.0. The highest BCUT2D eigenvalue weighted by Gasteiger charge is 2.23. The molecule has 14 heavy (non-hydrogen) atoms. The SMILES string of the molecule is CCCCCN=C1NC(C)(C)CCS1. The molecule has 1 rings (SSSR count). The molecule has 0 saturated carbocycles. The van der Waals surface area contributed by atoms with Gasteiger partial charge in [-0.3, -0.25) is 4.99 Å². The minimum atomic E-state index is 0.245. The first-order valence-electron chi connectivity index (χ1n) is 5.59. The summed E-state index contributed by atoms with van der Waals surface area (Å²) in [6.07, 6.45) is 5.02. The molecule has 0 aromatic rings. The molecular formula is C11H22N2S. The molecule has 1 aliphatic heterocycles. The van der Waals surface area contributed by atoms with Gasteiger partial charge in [-0.2, -0.15) is 0 Å². The fourth-order valence-electron chi connectivity index (χ4n) is 1.42. The molecule has 0 radical (unpaired) electrons. The van der Waals surface area contributed by atoms with E-state index in [1.54, 1.807) is 0 Å². The fraction of sp³-hybridized carbons (Fsp3) is 0.909. The summed E-state index contributed by atoms with van der Waals surface area (Å²) in [5.41, 5.74) is 0.245. The molecule has 1 fully saturated rings. The minimum Gasteiger partial charge on any atom is -0.360 e. The van der Waals surface area contributed by atoms with Gasteiger partial charge in [0, 0.05) is 17.8 Å². The van der Waals surface area contributed by atoms with E-state index in [1.165, 1.54) is 31.4 Å². The van der Waals surface area contributed by atoms with Crippen LogP contribution >= 0.6 is 11.8 Å². The van der Waals surface area contributed by atoms with Crippen molar-refractivity contribution in [3.8, 4) is 0 Å². The van der Waals surface area contributed by atoms with Gasteiger partial charge in [0.25, 0.3) is 0 Å². The Morgan fingerprint density at radius 2 is 2.21 bits per heavy atom. The van der Waals surface area contributed by atoms with Crippen LogP contribution in [0.4, 0.5) is 0 Å². The van der Waals surface area contributed by atoms with Crippen molar-refractivity contribution in [3.63, 3.8) is 0 Å². The van der Waals surface area contributed by atoms with Gasteiger partial charge < -0.3 is 5.32 Å². The van der Waals surface area contributed by atoms with E-state index in [0.717, 1.165) is 11.7 Å². The number of nitrogens with one attached hydrogen (secondary N) is 1. The molecule has 0 atom stereocenters. The summed E-state index contributed by atoms with van der Waals surface area (Å²) >= 11 is 1.86. The third kappa shape index (κ3) is 4.36. The van der Waals surface area contributed by atoms with Gasteiger partial charge >= 0.3 is 0 Å². The van der Waals surface area contributed by atoms with Crippen molar-refractivity contribution in [1.29, 1.82) is 0 Å². The molecule has 82 valence electrons. The zero-order valence-electron chi connectivity index (χ0n) is 9.60. The average molecular weight is 214 g/mol. The number of thioether (sulfide) groups is 1. The molecule has 1 N–H and O–H groups in total. The van der Waals surface area contributed by atoms with Crippen LogP contribution in [0.25, 0.3) is 0 Å². The second kappa shape index (κ2) is 5.64. The van der Waals surface area contributed by atoms with E-state index in [4.69, 9.17) is 0 Å². The molecule has 0 bridgehead atoms. The first kappa shape index (κ1) is 11.9. The number of hydrogen-bond acceptors (Lipinski definition) is 2. The Balaban J connectivity index is 2.29. The fourth-order valence-corrected chi connectivity index (χ4v) is 2.76. The second-order valence-electron chi connectivity index (χ2n) is 4.50. The summed E-state index contributed by atoms with van der Waals surface area (Å²) < 4.78 is 0. The smallest absolute Gasteiger partial charge is 0.156 e. The summed E-state index contributed by atoms with van der Waals surface area (Å²) in [5.74, 6) is 1.20. The van der Waals surface area contributed by atoms with Crippen molar-refractivity contribution < 1.29 is 0 Å². The number of aliphatic imine (C=N–C) groups is 1. The molecule has 0 aromatic heterocycles. The van der Waals surface area contributed by atoms with Gasteiger partial charge in [0.05, 0.1) is 0 Å². The molecule has 0 aliphatic carbocycles. The van der Waals surface area contributed by atoms with Crippen LogP contribution in [0.2, 0.25) is 0 Å². The lowest BCUT2D eigenvalue weighted by Crippen LogP contribution is -2.46. The van der Waals surface area contributed by atoms with Crippen molar-refractivity contribution in [2.75, 3.05) is 12.3 Å². The Hall–Kier alpha value is -0.180. The zero-order valence-corrected chi connectivity index (χ0v) is 10.4. The third-order valence-corrected chi connectivity index (χ3v) is 3.34. The van der Waals surface area contributed by atoms with Gasteiger partial charge in [-0.15, -0.1) is 0 Å². The van der Waals surface area contributed by atoms with Gasteiger partial charge in [0.1, 0.15) is 0 Å². The van der Waals surface area contributed by atoms with Crippen LogP contribution in [0, 0.1) is 0 Å². The molecular weight excluding hydrogens is 192 g/mol. The van der Waals surface area contributed by atoms with Crippen molar-refractivity contribution in [3.05, 3.63) is 0 Å². The number of nitrogens with zero attached hydrogens (tertiary/aromatic N) is 1. The van der Waals surface area contributed by atoms with Crippen LogP contribution in [-0.2, 0) is 0 Å². The van der Waals surface area contributed by atoms with E-state index >= 15 is 0 Å². The van der Waals surface area contributed by atoms with Gasteiger partial charge in [0.2, 0.25) is 0 Å². The molecule has 0 spiro atoms. The van der Waals surface area contributed by atoms with Crippen molar-refractivity contribution in [2.24, 2.45) is 4.99 Å². The predicted octanol–water partition coefficient (Wildman–Crippen LogP) is 3.04. The molecule has 0 amide bonds. The minimum absolute atomic E-state index is 0.245. The normalized spacial score (nSPS) is 23.5. The van der Waals surface area contributed by atoms with Crippen molar-refractivity contribution in [1.82, 2.24) is 5.32 Å². The van der Waals surface area contributed by atoms with Crippen LogP contribution in [0.5, 0.6) is 0 Å². The Morgan fingerprint density at radius 1 is 1.43 bits per heavy atom. The van der Waals surface area contributed by atoms with Crippen LogP contribution in [0.3, 0.4) is 0 Å². The summed E-state index contributed by atoms with van der Waals surface area (Å²) in [7, 11) is 0. The molecule has 1 saturated heterocycles. The lowest BCUT2D eigenvalue weighted by Gasteiger charge is -2.32. The molecule has 3 heteroatoms. The number of amidine groups is 1. The maximum absolute atomic E-state index is 4.58. The Bertz CT molecular complexity index is 199. The Labute approximate surface area is 92.0 Å². The molecule has 2 nitrogen and oxygen atoms in total. The highest BCUT2D eigenvalue weighted by Crippen LogP contribution is 2.21. The summed E-state index contributed by atoms with van der Waals surface area (Å²) in [5, 5.41) is 4.63. The standard InChI is InChI=1S/C11H22N2S/c1-4-5-6-8-12-10-13-11(2,3)7-9-14-10/h4-9H2,1-3H3,(H,12,13). The first-order chi connectivity index (χ1) is 6.64. The van der Waals surface area contributed by atoms with E-state index < -0.39 is 0 Å². The summed E-state index contributed by atoms with van der Waals surface area (Å²) in [4.78, 5) is 4.58. The van der Waals surface area contributed by atoms with Gasteiger partial charge in [-0.25, -0.2) is 0 Å². The van der Waals surface area contributed by atoms with Crippen molar-refractivity contribution >= 4 is 16.9 Å². The van der Waals surface area contributed by atoms with Crippen LogP contribution in [-0.4, -0.2) is 23.0 Å². The van der Waals surface area contributed by atoms with Crippen LogP contribution in [0.1, 0.15) is 46.5 Å². The molecule has 0 aromatic carbocycles. The summed E-state index contributed by atoms with van der Waals surface area (Å²) in [6.45, 7) is 7.70. The number of rotatable bonds is 4. The average Bonchev–Trinajstić information content (AvgIpc) is 2.11. The first-order valence-corrected chi connectivity index (χ1v) is 6.58. The highest BCUT2D eigenvalue weighted by atomic mass is 32.2. The van der Waals surface area contributed by atoms with Gasteiger partial charge in [-0.1, -0.05) is 31.5 Å². The molecule has 1 aliphatic rings. The second-order valence-corrected chi connectivity index (χ2v) is 5.58. The Morgan fingerprint density at radius 3 is 2.86 bits per heavy atom. The van der Waals surface area contributed by atoms with Gasteiger partial charge in [-0.05, 0) is 26.7 Å². The number of unbranched alkanes of at least 4 members (excludes halogenated alkanes) is 2. The largest absolute Gasteiger partial charge is 0.360 e. The maximum atomic E-state index is 4.58. The maximum Gasteiger partial charge on any atom is 0.156 e. The van der Waals surface area contributed by atoms with Crippen LogP contribution < -0.4 is 5.32 Å². The topological polar surface area (TPSA) is 24.4 Å². The van der Waals surface area contributed by atoms with E-state index in [0.29, 0.717) is 0 Å². The van der Waals surface area contributed by atoms with E-state index in [2.05, 4.69) is 31.1 Å². The predicted molar refractivity (Wildman–Crippen MR) is 66.1 cm³/mol. The zero-order chi connectivity index (χ0) is 10.4. The highest BCUT2D eigenvalue weighted by molar-refractivity contribution is 8.13. The summed E-state index contributed by atoms with van der Waals surface area (Å²) in [6, 6.07) is 0. The van der Waals surface area contributed by atoms with Crippen LogP contribution in [0.15, 0.2) is 4.99 Å². The van der Waals surface area contributed by atoms with Gasteiger partial charge in [0.15, 0.2) is 5.17 Å². The molecule has 1 heterocycles. The monoisotopic (exact) mass is 214 g/mol. The van der Waals surface area contributed by atoms with Crippen molar-refractivity contribution in [2.45, 2.75) is 52.0 Å². The Kier molecular flexibility index (Phi) is 4.79.